The number of hydrogen-bond donors (Lipinski definition) is 1. The number of rotatable bonds is 1. The van der Waals surface area contributed by atoms with Crippen LogP contribution in [0.15, 0.2) is 9.98 Å². The minimum Gasteiger partial charge on any atom is -0.326 e. The van der Waals surface area contributed by atoms with Crippen LogP contribution in [0.2, 0.25) is 0 Å². The molecule has 0 aromatic carbocycles. The number of aliphatic imine (C=N–C) groups is 2. The van der Waals surface area contributed by atoms with E-state index in [1.54, 1.807) is 12.6 Å². The number of nitrogens with two attached hydrogens (primary N) is 1. The van der Waals surface area contributed by atoms with Crippen molar-refractivity contribution >= 4 is 12.6 Å². The zero-order valence-electron chi connectivity index (χ0n) is 5.70. The number of hydrogen-bond acceptors (Lipinski definition) is 3. The smallest absolute Gasteiger partial charge is 0.110 e. The molecule has 0 unspecified atom stereocenters. The van der Waals surface area contributed by atoms with Crippen LogP contribution >= 0.6 is 0 Å². The highest BCUT2D eigenvalue weighted by atomic mass is 15.0. The van der Waals surface area contributed by atoms with Crippen molar-refractivity contribution in [1.82, 2.24) is 0 Å². The first-order valence-corrected chi connectivity index (χ1v) is 2.99. The molecule has 0 aromatic rings. The first-order chi connectivity index (χ1) is 4.15. The molecule has 0 saturated heterocycles. The molecule has 1 aliphatic rings. The molecular formula is C6H11N3. The van der Waals surface area contributed by atoms with E-state index in [9.17, 15) is 0 Å². The SMILES string of the molecule is C[C@@H](N)[C@]1(C)C=NC=N1. The Kier molecular flexibility index (Phi) is 1.37. The molecule has 1 rings (SSSR count). The van der Waals surface area contributed by atoms with Gasteiger partial charge >= 0.3 is 0 Å². The van der Waals surface area contributed by atoms with Gasteiger partial charge < -0.3 is 5.73 Å². The summed E-state index contributed by atoms with van der Waals surface area (Å²) >= 11 is 0. The van der Waals surface area contributed by atoms with Gasteiger partial charge in [-0.2, -0.15) is 0 Å². The highest BCUT2D eigenvalue weighted by Gasteiger charge is 2.27. The number of nitrogens with zero attached hydrogens (tertiary/aromatic N) is 2. The maximum Gasteiger partial charge on any atom is 0.110 e. The van der Waals surface area contributed by atoms with Crippen molar-refractivity contribution in [2.24, 2.45) is 15.7 Å². The lowest BCUT2D eigenvalue weighted by Gasteiger charge is -2.20. The molecule has 2 atom stereocenters. The molecular weight excluding hydrogens is 114 g/mol. The third-order valence-corrected chi connectivity index (χ3v) is 1.66. The van der Waals surface area contributed by atoms with E-state index in [0.717, 1.165) is 0 Å². The molecule has 0 amide bonds. The van der Waals surface area contributed by atoms with Gasteiger partial charge in [-0.05, 0) is 13.8 Å². The zero-order valence-corrected chi connectivity index (χ0v) is 5.70. The van der Waals surface area contributed by atoms with Gasteiger partial charge in [0.15, 0.2) is 0 Å². The Bertz CT molecular complexity index is 146. The molecule has 0 bridgehead atoms. The lowest BCUT2D eigenvalue weighted by Crippen LogP contribution is -2.41. The Morgan fingerprint density at radius 1 is 1.67 bits per heavy atom. The summed E-state index contributed by atoms with van der Waals surface area (Å²) in [5.74, 6) is 0. The summed E-state index contributed by atoms with van der Waals surface area (Å²) in [4.78, 5) is 7.96. The van der Waals surface area contributed by atoms with Crippen LogP contribution in [0, 0.1) is 0 Å². The minimum atomic E-state index is -0.250. The van der Waals surface area contributed by atoms with Crippen LogP contribution in [0.5, 0.6) is 0 Å². The lowest BCUT2D eigenvalue weighted by molar-refractivity contribution is 0.535. The molecule has 0 saturated carbocycles. The monoisotopic (exact) mass is 125 g/mol. The van der Waals surface area contributed by atoms with Crippen LogP contribution in [0.1, 0.15) is 13.8 Å². The Labute approximate surface area is 54.7 Å². The first kappa shape index (κ1) is 6.42. The molecule has 3 nitrogen and oxygen atoms in total. The van der Waals surface area contributed by atoms with Gasteiger partial charge in [-0.15, -0.1) is 0 Å². The fourth-order valence-corrected chi connectivity index (χ4v) is 0.610. The van der Waals surface area contributed by atoms with Crippen LogP contribution in [-0.2, 0) is 0 Å². The fraction of sp³-hybridized carbons (Fsp3) is 0.667. The van der Waals surface area contributed by atoms with Gasteiger partial charge in [0.2, 0.25) is 0 Å². The molecule has 50 valence electrons. The molecule has 0 aromatic heterocycles. The summed E-state index contributed by atoms with van der Waals surface area (Å²) in [5, 5.41) is 0. The lowest BCUT2D eigenvalue weighted by atomic mass is 9.98. The van der Waals surface area contributed by atoms with Crippen molar-refractivity contribution < 1.29 is 0 Å². The van der Waals surface area contributed by atoms with Gasteiger partial charge in [-0.25, -0.2) is 4.99 Å². The van der Waals surface area contributed by atoms with Crippen molar-refractivity contribution in [1.29, 1.82) is 0 Å². The zero-order chi connectivity index (χ0) is 6.91. The maximum absolute atomic E-state index is 5.63. The van der Waals surface area contributed by atoms with E-state index in [-0.39, 0.29) is 11.6 Å². The average Bonchev–Trinajstić information content (AvgIpc) is 2.16. The van der Waals surface area contributed by atoms with Crippen molar-refractivity contribution in [3.05, 3.63) is 0 Å². The van der Waals surface area contributed by atoms with Gasteiger partial charge in [0, 0.05) is 12.3 Å². The molecule has 0 fully saturated rings. The van der Waals surface area contributed by atoms with Crippen molar-refractivity contribution in [3.63, 3.8) is 0 Å². The standard InChI is InChI=1S/C6H11N3/c1-5(7)6(2)3-8-4-9-6/h3-5H,7H2,1-2H3/t5-,6+/m1/s1. The summed E-state index contributed by atoms with van der Waals surface area (Å²) in [6.45, 7) is 3.89. The van der Waals surface area contributed by atoms with Crippen LogP contribution in [0.25, 0.3) is 0 Å². The second-order valence-corrected chi connectivity index (χ2v) is 2.54. The Hall–Kier alpha value is -0.700. The maximum atomic E-state index is 5.63. The largest absolute Gasteiger partial charge is 0.326 e. The average molecular weight is 125 g/mol. The van der Waals surface area contributed by atoms with Crippen LogP contribution in [-0.4, -0.2) is 24.1 Å². The Balaban J connectivity index is 2.75. The Morgan fingerprint density at radius 2 is 2.33 bits per heavy atom. The van der Waals surface area contributed by atoms with Gasteiger partial charge in [0.05, 0.1) is 0 Å². The summed E-state index contributed by atoms with van der Waals surface area (Å²) in [6, 6.07) is 0.0417. The van der Waals surface area contributed by atoms with Crippen molar-refractivity contribution in [3.8, 4) is 0 Å². The summed E-state index contributed by atoms with van der Waals surface area (Å²) in [5.41, 5.74) is 5.38. The molecule has 0 spiro atoms. The highest BCUT2D eigenvalue weighted by molar-refractivity contribution is 5.86. The van der Waals surface area contributed by atoms with Gasteiger partial charge in [0.25, 0.3) is 0 Å². The second-order valence-electron chi connectivity index (χ2n) is 2.54. The van der Waals surface area contributed by atoms with Gasteiger partial charge in [-0.1, -0.05) is 0 Å². The van der Waals surface area contributed by atoms with E-state index in [0.29, 0.717) is 0 Å². The topological polar surface area (TPSA) is 50.7 Å². The van der Waals surface area contributed by atoms with E-state index in [2.05, 4.69) is 9.98 Å². The van der Waals surface area contributed by atoms with E-state index in [1.807, 2.05) is 13.8 Å². The predicted octanol–water partition coefficient (Wildman–Crippen LogP) is 0.205. The summed E-state index contributed by atoms with van der Waals surface area (Å²) in [7, 11) is 0. The van der Waals surface area contributed by atoms with Crippen LogP contribution in [0.4, 0.5) is 0 Å². The predicted molar refractivity (Wildman–Crippen MR) is 39.0 cm³/mol. The molecule has 9 heavy (non-hydrogen) atoms. The molecule has 1 aliphatic heterocycles. The third kappa shape index (κ3) is 1.00. The fourth-order valence-electron chi connectivity index (χ4n) is 0.610. The second kappa shape index (κ2) is 1.92. The van der Waals surface area contributed by atoms with E-state index >= 15 is 0 Å². The summed E-state index contributed by atoms with van der Waals surface area (Å²) < 4.78 is 0. The van der Waals surface area contributed by atoms with Crippen LogP contribution in [0.3, 0.4) is 0 Å². The van der Waals surface area contributed by atoms with E-state index in [1.165, 1.54) is 0 Å². The van der Waals surface area contributed by atoms with Crippen LogP contribution < -0.4 is 5.73 Å². The van der Waals surface area contributed by atoms with Gasteiger partial charge in [0.1, 0.15) is 11.9 Å². The van der Waals surface area contributed by atoms with Crippen molar-refractivity contribution in [2.45, 2.75) is 25.4 Å². The third-order valence-electron chi connectivity index (χ3n) is 1.66. The highest BCUT2D eigenvalue weighted by Crippen LogP contribution is 2.13. The van der Waals surface area contributed by atoms with E-state index < -0.39 is 0 Å². The van der Waals surface area contributed by atoms with Gasteiger partial charge in [-0.3, -0.25) is 4.99 Å². The minimum absolute atomic E-state index is 0.0417. The van der Waals surface area contributed by atoms with E-state index in [4.69, 9.17) is 5.73 Å². The molecule has 2 N–H and O–H groups in total. The normalized spacial score (nSPS) is 35.4. The Morgan fingerprint density at radius 3 is 2.56 bits per heavy atom. The molecule has 0 aliphatic carbocycles. The molecule has 1 heterocycles. The molecule has 3 heteroatoms. The summed E-state index contributed by atoms with van der Waals surface area (Å²) in [6.07, 6.45) is 3.32. The van der Waals surface area contributed by atoms with Crippen molar-refractivity contribution in [2.75, 3.05) is 0 Å². The quantitative estimate of drug-likeness (QED) is 0.535. The first-order valence-electron chi connectivity index (χ1n) is 2.99. The molecule has 0 radical (unpaired) electrons.